The maximum atomic E-state index is 13.8. The number of nitrogens with zero attached hydrogens (tertiary/aromatic N) is 1. The third-order valence-corrected chi connectivity index (χ3v) is 5.65. The number of nitrogen functional groups attached to an aromatic ring is 1. The van der Waals surface area contributed by atoms with Gasteiger partial charge in [0, 0.05) is 22.7 Å². The molecule has 0 radical (unpaired) electrons. The second-order valence-corrected chi connectivity index (χ2v) is 7.52. The first-order valence-electron chi connectivity index (χ1n) is 6.25. The van der Waals surface area contributed by atoms with Crippen molar-refractivity contribution in [3.05, 3.63) is 22.4 Å². The molecular formula is C12H17BrFN3O2S. The zero-order chi connectivity index (χ0) is 14.9. The summed E-state index contributed by atoms with van der Waals surface area (Å²) in [6.07, 6.45) is 1.98. The molecule has 1 unspecified atom stereocenters. The quantitative estimate of drug-likeness (QED) is 0.793. The number of hydrogen-bond acceptors (Lipinski definition) is 4. The van der Waals surface area contributed by atoms with Crippen LogP contribution < -0.4 is 10.5 Å². The van der Waals surface area contributed by atoms with Crippen molar-refractivity contribution < 1.29 is 12.8 Å². The van der Waals surface area contributed by atoms with Crippen LogP contribution in [0.2, 0.25) is 0 Å². The van der Waals surface area contributed by atoms with E-state index in [0.717, 1.165) is 31.5 Å². The first-order chi connectivity index (χ1) is 9.31. The van der Waals surface area contributed by atoms with Gasteiger partial charge in [0.05, 0.1) is 0 Å². The lowest BCUT2D eigenvalue weighted by molar-refractivity contribution is 0.310. The van der Waals surface area contributed by atoms with E-state index in [9.17, 15) is 12.8 Å². The molecular weight excluding hydrogens is 349 g/mol. The van der Waals surface area contributed by atoms with E-state index in [0.29, 0.717) is 4.47 Å². The summed E-state index contributed by atoms with van der Waals surface area (Å²) in [4.78, 5) is 1.67. The molecule has 1 heterocycles. The number of nitrogens with two attached hydrogens (primary N) is 1. The van der Waals surface area contributed by atoms with Crippen molar-refractivity contribution in [1.82, 2.24) is 9.62 Å². The highest BCUT2D eigenvalue weighted by Gasteiger charge is 2.25. The molecule has 5 nitrogen and oxygen atoms in total. The van der Waals surface area contributed by atoms with Gasteiger partial charge in [-0.05, 0) is 54.5 Å². The molecule has 0 bridgehead atoms. The lowest BCUT2D eigenvalue weighted by Crippen LogP contribution is -2.38. The second kappa shape index (κ2) is 5.97. The minimum Gasteiger partial charge on any atom is -0.398 e. The monoisotopic (exact) mass is 365 g/mol. The summed E-state index contributed by atoms with van der Waals surface area (Å²) in [5, 5.41) is 0. The van der Waals surface area contributed by atoms with Gasteiger partial charge in [-0.2, -0.15) is 0 Å². The van der Waals surface area contributed by atoms with Crippen LogP contribution >= 0.6 is 15.9 Å². The Morgan fingerprint density at radius 3 is 2.85 bits per heavy atom. The standard InChI is InChI=1S/C12H17BrFN3O2S/c1-17-4-2-3-8(17)7-16-20(18,19)12-6-11(15)9(13)5-10(12)14/h5-6,8,16H,2-4,7,15H2,1H3. The van der Waals surface area contributed by atoms with E-state index in [1.165, 1.54) is 0 Å². The molecule has 2 rings (SSSR count). The number of likely N-dealkylation sites (N-methyl/N-ethyl adjacent to an activating group) is 1. The van der Waals surface area contributed by atoms with Crippen LogP contribution in [-0.4, -0.2) is 39.5 Å². The predicted molar refractivity (Wildman–Crippen MR) is 79.4 cm³/mol. The molecule has 1 aliphatic heterocycles. The Morgan fingerprint density at radius 2 is 2.25 bits per heavy atom. The van der Waals surface area contributed by atoms with Gasteiger partial charge < -0.3 is 10.6 Å². The number of anilines is 1. The van der Waals surface area contributed by atoms with Crippen molar-refractivity contribution in [3.8, 4) is 0 Å². The number of halogens is 2. The molecule has 0 aliphatic carbocycles. The maximum absolute atomic E-state index is 13.8. The Hall–Kier alpha value is -0.700. The Labute approximate surface area is 126 Å². The van der Waals surface area contributed by atoms with Gasteiger partial charge in [0.25, 0.3) is 0 Å². The van der Waals surface area contributed by atoms with Crippen LogP contribution in [0.4, 0.5) is 10.1 Å². The fourth-order valence-corrected chi connectivity index (χ4v) is 3.75. The molecule has 20 heavy (non-hydrogen) atoms. The summed E-state index contributed by atoms with van der Waals surface area (Å²) in [6, 6.07) is 2.34. The van der Waals surface area contributed by atoms with Crippen LogP contribution in [0.3, 0.4) is 0 Å². The fourth-order valence-electron chi connectivity index (χ4n) is 2.27. The Balaban J connectivity index is 2.16. The molecule has 8 heteroatoms. The molecule has 3 N–H and O–H groups in total. The van der Waals surface area contributed by atoms with E-state index in [-0.39, 0.29) is 18.3 Å². The normalized spacial score (nSPS) is 20.4. The van der Waals surface area contributed by atoms with Gasteiger partial charge in [-0.25, -0.2) is 17.5 Å². The first kappa shape index (κ1) is 15.7. The van der Waals surface area contributed by atoms with Gasteiger partial charge in [0.15, 0.2) is 0 Å². The van der Waals surface area contributed by atoms with Crippen molar-refractivity contribution in [1.29, 1.82) is 0 Å². The van der Waals surface area contributed by atoms with E-state index in [1.54, 1.807) is 0 Å². The van der Waals surface area contributed by atoms with Crippen LogP contribution in [0, 0.1) is 5.82 Å². The van der Waals surface area contributed by atoms with Crippen LogP contribution in [0.5, 0.6) is 0 Å². The summed E-state index contributed by atoms with van der Waals surface area (Å²) in [6.45, 7) is 1.22. The minimum absolute atomic E-state index is 0.153. The van der Waals surface area contributed by atoms with Crippen molar-refractivity contribution in [2.45, 2.75) is 23.8 Å². The summed E-state index contributed by atoms with van der Waals surface area (Å²) in [5.41, 5.74) is 5.80. The maximum Gasteiger partial charge on any atom is 0.243 e. The van der Waals surface area contributed by atoms with Crippen LogP contribution in [0.1, 0.15) is 12.8 Å². The fraction of sp³-hybridized carbons (Fsp3) is 0.500. The molecule has 1 atom stereocenters. The van der Waals surface area contributed by atoms with E-state index in [1.807, 2.05) is 7.05 Å². The zero-order valence-electron chi connectivity index (χ0n) is 11.1. The Kier molecular flexibility index (Phi) is 4.68. The number of likely N-dealkylation sites (tertiary alicyclic amines) is 1. The van der Waals surface area contributed by atoms with Crippen molar-refractivity contribution in [2.75, 3.05) is 25.9 Å². The molecule has 0 saturated carbocycles. The van der Waals surface area contributed by atoms with Gasteiger partial charge in [-0.3, -0.25) is 0 Å². The number of sulfonamides is 1. The Bertz CT molecular complexity index is 609. The van der Waals surface area contributed by atoms with E-state index < -0.39 is 20.7 Å². The molecule has 1 aliphatic rings. The van der Waals surface area contributed by atoms with Gasteiger partial charge in [0.1, 0.15) is 10.7 Å². The summed E-state index contributed by atoms with van der Waals surface area (Å²) in [7, 11) is -1.95. The zero-order valence-corrected chi connectivity index (χ0v) is 13.5. The van der Waals surface area contributed by atoms with Crippen molar-refractivity contribution in [3.63, 3.8) is 0 Å². The topological polar surface area (TPSA) is 75.4 Å². The van der Waals surface area contributed by atoms with E-state index >= 15 is 0 Å². The molecule has 1 saturated heterocycles. The molecule has 1 aromatic carbocycles. The smallest absolute Gasteiger partial charge is 0.243 e. The van der Waals surface area contributed by atoms with Gasteiger partial charge >= 0.3 is 0 Å². The molecule has 0 spiro atoms. The second-order valence-electron chi connectivity index (χ2n) is 4.93. The molecule has 112 valence electrons. The van der Waals surface area contributed by atoms with Crippen molar-refractivity contribution >= 4 is 31.6 Å². The third kappa shape index (κ3) is 3.30. The van der Waals surface area contributed by atoms with Gasteiger partial charge in [0.2, 0.25) is 10.0 Å². The molecule has 1 aromatic rings. The van der Waals surface area contributed by atoms with Crippen molar-refractivity contribution in [2.24, 2.45) is 0 Å². The number of benzene rings is 1. The highest BCUT2D eigenvalue weighted by Crippen LogP contribution is 2.26. The highest BCUT2D eigenvalue weighted by atomic mass is 79.9. The molecule has 0 amide bonds. The summed E-state index contributed by atoms with van der Waals surface area (Å²) >= 11 is 3.06. The minimum atomic E-state index is -3.89. The number of nitrogens with one attached hydrogen (secondary N) is 1. The van der Waals surface area contributed by atoms with Crippen LogP contribution in [0.25, 0.3) is 0 Å². The number of hydrogen-bond donors (Lipinski definition) is 2. The average Bonchev–Trinajstić information content (AvgIpc) is 2.77. The van der Waals surface area contributed by atoms with Crippen LogP contribution in [-0.2, 0) is 10.0 Å². The Morgan fingerprint density at radius 1 is 1.55 bits per heavy atom. The van der Waals surface area contributed by atoms with Gasteiger partial charge in [-0.15, -0.1) is 0 Å². The van der Waals surface area contributed by atoms with E-state index in [2.05, 4.69) is 25.6 Å². The largest absolute Gasteiger partial charge is 0.398 e. The predicted octanol–water partition coefficient (Wildman–Crippen LogP) is 1.54. The van der Waals surface area contributed by atoms with E-state index in [4.69, 9.17) is 5.73 Å². The first-order valence-corrected chi connectivity index (χ1v) is 8.53. The molecule has 1 fully saturated rings. The average molecular weight is 366 g/mol. The lowest BCUT2D eigenvalue weighted by atomic mass is 10.2. The van der Waals surface area contributed by atoms with Gasteiger partial charge in [-0.1, -0.05) is 0 Å². The summed E-state index contributed by atoms with van der Waals surface area (Å²) in [5.74, 6) is -0.821. The summed E-state index contributed by atoms with van der Waals surface area (Å²) < 4.78 is 40.9. The lowest BCUT2D eigenvalue weighted by Gasteiger charge is -2.19. The SMILES string of the molecule is CN1CCCC1CNS(=O)(=O)c1cc(N)c(Br)cc1F. The third-order valence-electron chi connectivity index (χ3n) is 3.52. The molecule has 0 aromatic heterocycles. The highest BCUT2D eigenvalue weighted by molar-refractivity contribution is 9.10. The van der Waals surface area contributed by atoms with Crippen LogP contribution in [0.15, 0.2) is 21.5 Å². The number of rotatable bonds is 4.